The number of carbonyl (C=O) groups is 12. The highest BCUT2D eigenvalue weighted by atomic mass is 32.2. The van der Waals surface area contributed by atoms with Crippen molar-refractivity contribution in [1.29, 1.82) is 0 Å². The SMILES string of the molecule is CSCC[C@H](NC(=O)[C@H](CC(=O)O)NC(=O)[C@H](CCCCN)NC(=O)[C@H](Cc1ccccc1)NC(=O)[C@H](CO)NC(=O)[C@@H](N)Cc1ccc(O)cc1)C(=O)N[C@@H](CCC(N)=O)C(=O)N[C@@H](CC(C)C)C(=O)NCC(=O)N[C@@H](CCCN=C(N)N)C(=O)O. The lowest BCUT2D eigenvalue weighted by atomic mass is 10.0. The molecular formula is C55H85N15O16S. The van der Waals surface area contributed by atoms with E-state index < -0.39 is 158 Å². The minimum Gasteiger partial charge on any atom is -0.508 e. The predicted octanol–water partition coefficient (Wildman–Crippen LogP) is -4.70. The standard InChI is InChI=1S/C55H85N15O16S/c1-30(2)24-39(47(78)62-28-44(74)63-38(54(85)86)13-9-22-61-55(59)60)67-49(80)36(18-19-43(58)73)65-50(81)37(20-23-87-3)66-52(83)41(27-45(75)76)69-48(79)35(12-7-8-21-56)64-51(82)40(26-31-10-5-4-6-11-31)68-53(84)42(29-71)70-46(77)34(57)25-32-14-16-33(72)17-15-32/h4-6,10-11,14-17,30,34-42,71-72H,7-9,12-13,18-29,56-57H2,1-3H3,(H2,58,73)(H,62,78)(H,63,74)(H,64,82)(H,65,81)(H,66,83)(H,67,80)(H,68,84)(H,69,79)(H,70,77)(H,75,76)(H,85,86)(H4,59,60,61)/t34-,35-,36-,37-,38-,39-,40-,41-,42-/m0/s1. The van der Waals surface area contributed by atoms with Crippen molar-refractivity contribution in [2.24, 2.45) is 39.6 Å². The van der Waals surface area contributed by atoms with E-state index in [2.05, 4.69) is 52.8 Å². The molecule has 0 fully saturated rings. The number of amides is 10. The lowest BCUT2D eigenvalue weighted by molar-refractivity contribution is -0.142. The van der Waals surface area contributed by atoms with E-state index in [0.717, 1.165) is 0 Å². The van der Waals surface area contributed by atoms with Crippen LogP contribution in [0.15, 0.2) is 59.6 Å². The van der Waals surface area contributed by atoms with Crippen LogP contribution in [-0.4, -0.2) is 190 Å². The van der Waals surface area contributed by atoms with Crippen LogP contribution in [-0.2, 0) is 70.4 Å². The first-order chi connectivity index (χ1) is 41.2. The van der Waals surface area contributed by atoms with Crippen molar-refractivity contribution in [2.75, 3.05) is 38.2 Å². The summed E-state index contributed by atoms with van der Waals surface area (Å²) in [6.45, 7) is 2.05. The third-order valence-electron chi connectivity index (χ3n) is 12.9. The zero-order valence-electron chi connectivity index (χ0n) is 48.9. The van der Waals surface area contributed by atoms with Gasteiger partial charge in [-0.15, -0.1) is 0 Å². The number of carboxylic acids is 2. The molecule has 32 heteroatoms. The molecule has 0 heterocycles. The first-order valence-electron chi connectivity index (χ1n) is 28.0. The van der Waals surface area contributed by atoms with Crippen molar-refractivity contribution in [3.8, 4) is 5.75 Å². The number of primary amides is 1. The average molecular weight is 1240 g/mol. The number of nitrogens with two attached hydrogens (primary N) is 5. The minimum absolute atomic E-state index is 0.00671. The maximum absolute atomic E-state index is 14.3. The molecule has 0 aromatic heterocycles. The van der Waals surface area contributed by atoms with E-state index in [9.17, 15) is 78.0 Å². The van der Waals surface area contributed by atoms with Crippen molar-refractivity contribution in [2.45, 2.75) is 145 Å². The number of phenols is 1. The Morgan fingerprint density at radius 2 is 1.07 bits per heavy atom. The molecule has 0 saturated heterocycles. The molecule has 0 spiro atoms. The van der Waals surface area contributed by atoms with Gasteiger partial charge in [-0.2, -0.15) is 11.8 Å². The summed E-state index contributed by atoms with van der Waals surface area (Å²) in [4.78, 5) is 164. The molecule has 2 aromatic rings. The summed E-state index contributed by atoms with van der Waals surface area (Å²) in [6.07, 6.45) is -0.0546. The molecular weight excluding hydrogens is 1160 g/mol. The summed E-state index contributed by atoms with van der Waals surface area (Å²) >= 11 is 1.24. The molecule has 10 amide bonds. The molecule has 0 unspecified atom stereocenters. The van der Waals surface area contributed by atoms with Crippen molar-refractivity contribution in [3.63, 3.8) is 0 Å². The fourth-order valence-corrected chi connectivity index (χ4v) is 8.82. The van der Waals surface area contributed by atoms with Crippen LogP contribution in [0, 0.1) is 5.92 Å². The van der Waals surface area contributed by atoms with Crippen LogP contribution in [0.1, 0.15) is 89.2 Å². The van der Waals surface area contributed by atoms with E-state index in [-0.39, 0.29) is 87.8 Å². The van der Waals surface area contributed by atoms with Gasteiger partial charge in [0.15, 0.2) is 5.96 Å². The zero-order valence-corrected chi connectivity index (χ0v) is 49.7. The second-order valence-corrected chi connectivity index (χ2v) is 21.7. The number of aliphatic imine (C=N–C) groups is 1. The van der Waals surface area contributed by atoms with Crippen LogP contribution in [0.4, 0.5) is 0 Å². The number of aliphatic carboxylic acids is 2. The van der Waals surface area contributed by atoms with Crippen molar-refractivity contribution < 1.29 is 78.0 Å². The predicted molar refractivity (Wildman–Crippen MR) is 319 cm³/mol. The smallest absolute Gasteiger partial charge is 0.326 e. The summed E-state index contributed by atoms with van der Waals surface area (Å²) in [6, 6.07) is 0.595. The van der Waals surface area contributed by atoms with Gasteiger partial charge in [-0.25, -0.2) is 4.79 Å². The number of aliphatic hydroxyl groups excluding tert-OH is 1. The van der Waals surface area contributed by atoms with Crippen LogP contribution in [0.3, 0.4) is 0 Å². The lowest BCUT2D eigenvalue weighted by Gasteiger charge is -2.28. The van der Waals surface area contributed by atoms with E-state index in [1.807, 2.05) is 0 Å². The number of carboxylic acid groups (broad SMARTS) is 2. The van der Waals surface area contributed by atoms with Gasteiger partial charge in [0.1, 0.15) is 54.1 Å². The molecule has 9 atom stereocenters. The zero-order chi connectivity index (χ0) is 65.2. The summed E-state index contributed by atoms with van der Waals surface area (Å²) in [5.74, 6) is -12.9. The number of nitrogens with one attached hydrogen (secondary N) is 9. The second-order valence-electron chi connectivity index (χ2n) is 20.7. The normalized spacial score (nSPS) is 14.1. The third kappa shape index (κ3) is 29.8. The second kappa shape index (κ2) is 39.9. The highest BCUT2D eigenvalue weighted by Gasteiger charge is 2.36. The molecule has 2 aromatic carbocycles. The monoisotopic (exact) mass is 1240 g/mol. The van der Waals surface area contributed by atoms with Crippen LogP contribution in [0.25, 0.3) is 0 Å². The molecule has 482 valence electrons. The maximum Gasteiger partial charge on any atom is 0.326 e. The molecule has 0 aliphatic heterocycles. The Hall–Kier alpha value is -8.62. The van der Waals surface area contributed by atoms with Gasteiger partial charge in [-0.05, 0) is 106 Å². The first-order valence-corrected chi connectivity index (χ1v) is 29.4. The van der Waals surface area contributed by atoms with E-state index in [0.29, 0.717) is 17.5 Å². The van der Waals surface area contributed by atoms with Crippen LogP contribution >= 0.6 is 11.8 Å². The molecule has 0 aliphatic rings. The van der Waals surface area contributed by atoms with Gasteiger partial charge in [0.05, 0.1) is 25.6 Å². The van der Waals surface area contributed by atoms with E-state index in [1.54, 1.807) is 62.6 Å². The fourth-order valence-electron chi connectivity index (χ4n) is 8.35. The number of guanidine groups is 1. The molecule has 23 N–H and O–H groups in total. The van der Waals surface area contributed by atoms with Crippen molar-refractivity contribution in [3.05, 3.63) is 65.7 Å². The number of carbonyl (C=O) groups excluding carboxylic acids is 10. The third-order valence-corrected chi connectivity index (χ3v) is 13.6. The quantitative estimate of drug-likeness (QED) is 0.0169. The highest BCUT2D eigenvalue weighted by molar-refractivity contribution is 7.98. The first kappa shape index (κ1) is 74.5. The Bertz CT molecular complexity index is 2650. The van der Waals surface area contributed by atoms with Crippen molar-refractivity contribution in [1.82, 2.24) is 47.9 Å². The minimum atomic E-state index is -1.92. The number of unbranched alkanes of at least 4 members (excludes halogenated alkanes) is 1. The van der Waals surface area contributed by atoms with Crippen LogP contribution in [0.5, 0.6) is 5.75 Å². The fraction of sp³-hybridized carbons (Fsp3) is 0.545. The molecule has 0 radical (unpaired) electrons. The number of benzene rings is 2. The number of hydrogen-bond acceptors (Lipinski definition) is 18. The Morgan fingerprint density at radius 3 is 1.61 bits per heavy atom. The van der Waals surface area contributed by atoms with Crippen LogP contribution in [0.2, 0.25) is 0 Å². The van der Waals surface area contributed by atoms with Gasteiger partial charge < -0.3 is 96.9 Å². The summed E-state index contributed by atoms with van der Waals surface area (Å²) in [5, 5.41) is 61.3. The molecule has 0 bridgehead atoms. The molecule has 0 aliphatic carbocycles. The Morgan fingerprint density at radius 1 is 0.563 bits per heavy atom. The summed E-state index contributed by atoms with van der Waals surface area (Å²) in [7, 11) is 0. The van der Waals surface area contributed by atoms with Gasteiger partial charge in [0, 0.05) is 19.4 Å². The highest BCUT2D eigenvalue weighted by Crippen LogP contribution is 2.14. The van der Waals surface area contributed by atoms with E-state index in [1.165, 1.54) is 23.9 Å². The van der Waals surface area contributed by atoms with Crippen LogP contribution < -0.4 is 76.5 Å². The van der Waals surface area contributed by atoms with Gasteiger partial charge in [0.25, 0.3) is 0 Å². The van der Waals surface area contributed by atoms with Gasteiger partial charge in [-0.3, -0.25) is 57.7 Å². The molecule has 31 nitrogen and oxygen atoms in total. The molecule has 0 saturated carbocycles. The maximum atomic E-state index is 14.3. The number of hydrogen-bond donors (Lipinski definition) is 18. The number of aromatic hydroxyl groups is 1. The topological polar surface area (TPSA) is 536 Å². The van der Waals surface area contributed by atoms with Crippen molar-refractivity contribution >= 4 is 88.7 Å². The number of rotatable bonds is 42. The molecule has 2 rings (SSSR count). The Labute approximate surface area is 507 Å². The molecule has 87 heavy (non-hydrogen) atoms. The number of nitrogens with zero attached hydrogens (tertiary/aromatic N) is 1. The largest absolute Gasteiger partial charge is 0.508 e. The summed E-state index contributed by atoms with van der Waals surface area (Å²) < 4.78 is 0. The van der Waals surface area contributed by atoms with Gasteiger partial charge >= 0.3 is 11.9 Å². The van der Waals surface area contributed by atoms with Gasteiger partial charge in [-0.1, -0.05) is 56.3 Å². The van der Waals surface area contributed by atoms with E-state index >= 15 is 0 Å². The average Bonchev–Trinajstić information content (AvgIpc) is 3.68. The Balaban J connectivity index is 2.38. The summed E-state index contributed by atoms with van der Waals surface area (Å²) in [5.41, 5.74) is 28.9. The van der Waals surface area contributed by atoms with Gasteiger partial charge in [0.2, 0.25) is 59.1 Å². The van der Waals surface area contributed by atoms with E-state index in [4.69, 9.17) is 28.7 Å². The Kier molecular flexibility index (Phi) is 34.1. The number of aliphatic hydroxyl groups is 1. The lowest BCUT2D eigenvalue weighted by Crippen LogP contribution is -2.61. The number of phenolic OH excluding ortho intramolecular Hbond substituents is 1. The number of thioether (sulfide) groups is 1.